The molecule has 128 valence electrons. The van der Waals surface area contributed by atoms with Crippen LogP contribution >= 0.6 is 0 Å². The van der Waals surface area contributed by atoms with Crippen LogP contribution in [0.3, 0.4) is 0 Å². The van der Waals surface area contributed by atoms with Gasteiger partial charge < -0.3 is 10.6 Å². The summed E-state index contributed by atoms with van der Waals surface area (Å²) in [5.41, 5.74) is 2.01. The second-order valence-corrected chi connectivity index (χ2v) is 5.69. The Balaban J connectivity index is 1.95. The van der Waals surface area contributed by atoms with E-state index in [0.29, 0.717) is 28.9 Å². The first-order valence-corrected chi connectivity index (χ1v) is 8.34. The summed E-state index contributed by atoms with van der Waals surface area (Å²) in [5.74, 6) is -0.422. The normalized spacial score (nSPS) is 9.92. The lowest BCUT2D eigenvalue weighted by Gasteiger charge is -2.07. The van der Waals surface area contributed by atoms with Crippen molar-refractivity contribution in [3.8, 4) is 6.07 Å². The van der Waals surface area contributed by atoms with Crippen molar-refractivity contribution < 1.29 is 9.59 Å². The summed E-state index contributed by atoms with van der Waals surface area (Å²) in [5, 5.41) is 14.5. The van der Waals surface area contributed by atoms with Crippen LogP contribution in [0, 0.1) is 11.3 Å². The second kappa shape index (κ2) is 9.24. The molecule has 0 saturated carbocycles. The Bertz CT molecular complexity index is 776. The molecular formula is C20H21N3O2. The van der Waals surface area contributed by atoms with Gasteiger partial charge >= 0.3 is 0 Å². The summed E-state index contributed by atoms with van der Waals surface area (Å²) >= 11 is 0. The number of carbonyl (C=O) groups is 2. The van der Waals surface area contributed by atoms with Gasteiger partial charge in [-0.15, -0.1) is 0 Å². The predicted molar refractivity (Wildman–Crippen MR) is 97.4 cm³/mol. The Morgan fingerprint density at radius 1 is 1.00 bits per heavy atom. The van der Waals surface area contributed by atoms with Crippen molar-refractivity contribution in [3.63, 3.8) is 0 Å². The third-order valence-corrected chi connectivity index (χ3v) is 3.72. The van der Waals surface area contributed by atoms with E-state index in [0.717, 1.165) is 19.3 Å². The van der Waals surface area contributed by atoms with Crippen molar-refractivity contribution in [1.29, 1.82) is 5.26 Å². The average Bonchev–Trinajstić information content (AvgIpc) is 2.65. The van der Waals surface area contributed by atoms with Gasteiger partial charge in [-0.1, -0.05) is 25.8 Å². The molecule has 2 rings (SSSR count). The van der Waals surface area contributed by atoms with Crippen LogP contribution in [-0.2, 0) is 0 Å². The van der Waals surface area contributed by atoms with E-state index >= 15 is 0 Å². The number of amides is 2. The number of carbonyl (C=O) groups excluding carboxylic acids is 2. The molecule has 2 aromatic carbocycles. The highest BCUT2D eigenvalue weighted by atomic mass is 16.2. The zero-order valence-electron chi connectivity index (χ0n) is 14.2. The summed E-state index contributed by atoms with van der Waals surface area (Å²) in [4.78, 5) is 24.3. The largest absolute Gasteiger partial charge is 0.352 e. The first-order chi connectivity index (χ1) is 12.1. The highest BCUT2D eigenvalue weighted by Gasteiger charge is 2.09. The number of nitrogens with zero attached hydrogens (tertiary/aromatic N) is 1. The smallest absolute Gasteiger partial charge is 0.255 e. The number of hydrogen-bond donors (Lipinski definition) is 2. The van der Waals surface area contributed by atoms with Gasteiger partial charge in [-0.25, -0.2) is 0 Å². The molecule has 0 aliphatic carbocycles. The molecule has 0 unspecified atom stereocenters. The Labute approximate surface area is 147 Å². The fourth-order valence-electron chi connectivity index (χ4n) is 2.32. The molecule has 5 nitrogen and oxygen atoms in total. The molecular weight excluding hydrogens is 314 g/mol. The Hall–Kier alpha value is -3.13. The van der Waals surface area contributed by atoms with E-state index in [1.807, 2.05) is 6.07 Å². The van der Waals surface area contributed by atoms with E-state index in [-0.39, 0.29) is 11.8 Å². The van der Waals surface area contributed by atoms with Gasteiger partial charge in [-0.05, 0) is 48.9 Å². The molecule has 0 radical (unpaired) electrons. The minimum Gasteiger partial charge on any atom is -0.352 e. The molecule has 0 atom stereocenters. The van der Waals surface area contributed by atoms with Gasteiger partial charge in [0.2, 0.25) is 0 Å². The van der Waals surface area contributed by atoms with Gasteiger partial charge in [0, 0.05) is 23.4 Å². The molecule has 0 saturated heterocycles. The van der Waals surface area contributed by atoms with Crippen LogP contribution in [0.15, 0.2) is 48.5 Å². The first-order valence-electron chi connectivity index (χ1n) is 8.34. The van der Waals surface area contributed by atoms with Crippen LogP contribution in [0.4, 0.5) is 5.69 Å². The highest BCUT2D eigenvalue weighted by Crippen LogP contribution is 2.12. The first kappa shape index (κ1) is 18.2. The quantitative estimate of drug-likeness (QED) is 0.756. The van der Waals surface area contributed by atoms with E-state index < -0.39 is 0 Å². The van der Waals surface area contributed by atoms with E-state index in [4.69, 9.17) is 5.26 Å². The van der Waals surface area contributed by atoms with Crippen LogP contribution in [0.2, 0.25) is 0 Å². The zero-order valence-corrected chi connectivity index (χ0v) is 14.2. The number of anilines is 1. The lowest BCUT2D eigenvalue weighted by molar-refractivity contribution is 0.0951. The fraction of sp³-hybridized carbons (Fsp3) is 0.250. The Morgan fingerprint density at radius 3 is 2.32 bits per heavy atom. The van der Waals surface area contributed by atoms with E-state index in [2.05, 4.69) is 17.6 Å². The number of nitriles is 1. The standard InChI is InChI=1S/C20H21N3O2/c1-2-3-4-12-22-19(24)16-8-10-17(11-9-16)20(25)23-18-7-5-6-15(13-18)14-21/h5-11,13H,2-4,12H2,1H3,(H,22,24)(H,23,25). The van der Waals surface area contributed by atoms with Gasteiger partial charge in [0.25, 0.3) is 11.8 Å². The van der Waals surface area contributed by atoms with E-state index in [1.165, 1.54) is 0 Å². The van der Waals surface area contributed by atoms with Crippen LogP contribution < -0.4 is 10.6 Å². The fourth-order valence-corrected chi connectivity index (χ4v) is 2.32. The van der Waals surface area contributed by atoms with Crippen molar-refractivity contribution >= 4 is 17.5 Å². The van der Waals surface area contributed by atoms with Crippen LogP contribution in [-0.4, -0.2) is 18.4 Å². The van der Waals surface area contributed by atoms with Crippen LogP contribution in [0.1, 0.15) is 52.5 Å². The second-order valence-electron chi connectivity index (χ2n) is 5.69. The summed E-state index contributed by atoms with van der Waals surface area (Å²) in [6.07, 6.45) is 3.16. The summed E-state index contributed by atoms with van der Waals surface area (Å²) in [7, 11) is 0. The minimum atomic E-state index is -0.287. The Morgan fingerprint density at radius 2 is 1.68 bits per heavy atom. The van der Waals surface area contributed by atoms with Gasteiger partial charge in [0.05, 0.1) is 11.6 Å². The van der Waals surface area contributed by atoms with Gasteiger partial charge in [-0.3, -0.25) is 9.59 Å². The molecule has 0 bridgehead atoms. The molecule has 2 aromatic rings. The molecule has 2 amide bonds. The maximum Gasteiger partial charge on any atom is 0.255 e. The molecule has 0 aromatic heterocycles. The SMILES string of the molecule is CCCCCNC(=O)c1ccc(C(=O)Nc2cccc(C#N)c2)cc1. The lowest BCUT2D eigenvalue weighted by Crippen LogP contribution is -2.24. The van der Waals surface area contributed by atoms with Crippen molar-refractivity contribution in [3.05, 3.63) is 65.2 Å². The average molecular weight is 335 g/mol. The highest BCUT2D eigenvalue weighted by molar-refractivity contribution is 6.05. The van der Waals surface area contributed by atoms with Crippen LogP contribution in [0.25, 0.3) is 0 Å². The van der Waals surface area contributed by atoms with Crippen molar-refractivity contribution in [2.24, 2.45) is 0 Å². The summed E-state index contributed by atoms with van der Waals surface area (Å²) < 4.78 is 0. The van der Waals surface area contributed by atoms with E-state index in [9.17, 15) is 9.59 Å². The third-order valence-electron chi connectivity index (χ3n) is 3.72. The molecule has 0 fully saturated rings. The number of rotatable bonds is 7. The predicted octanol–water partition coefficient (Wildman–Crippen LogP) is 3.73. The summed E-state index contributed by atoms with van der Waals surface area (Å²) in [6.45, 7) is 2.77. The van der Waals surface area contributed by atoms with E-state index in [1.54, 1.807) is 48.5 Å². The minimum absolute atomic E-state index is 0.134. The number of benzene rings is 2. The zero-order chi connectivity index (χ0) is 18.1. The maximum atomic E-state index is 12.2. The van der Waals surface area contributed by atoms with Gasteiger partial charge in [-0.2, -0.15) is 5.26 Å². The molecule has 0 aliphatic heterocycles. The number of hydrogen-bond acceptors (Lipinski definition) is 3. The monoisotopic (exact) mass is 335 g/mol. The van der Waals surface area contributed by atoms with Crippen molar-refractivity contribution in [2.75, 3.05) is 11.9 Å². The maximum absolute atomic E-state index is 12.2. The number of nitrogens with one attached hydrogen (secondary N) is 2. The Kier molecular flexibility index (Phi) is 6.73. The molecule has 5 heteroatoms. The lowest BCUT2D eigenvalue weighted by atomic mass is 10.1. The molecule has 0 aliphatic rings. The molecule has 0 spiro atoms. The number of unbranched alkanes of at least 4 members (excludes halogenated alkanes) is 2. The van der Waals surface area contributed by atoms with Crippen molar-refractivity contribution in [2.45, 2.75) is 26.2 Å². The van der Waals surface area contributed by atoms with Gasteiger partial charge in [0.1, 0.15) is 0 Å². The topological polar surface area (TPSA) is 82.0 Å². The third kappa shape index (κ3) is 5.47. The molecule has 2 N–H and O–H groups in total. The van der Waals surface area contributed by atoms with Crippen molar-refractivity contribution in [1.82, 2.24) is 5.32 Å². The molecule has 0 heterocycles. The van der Waals surface area contributed by atoms with Crippen LogP contribution in [0.5, 0.6) is 0 Å². The summed E-state index contributed by atoms with van der Waals surface area (Å²) in [6, 6.07) is 15.2. The molecule has 25 heavy (non-hydrogen) atoms. The van der Waals surface area contributed by atoms with Gasteiger partial charge in [0.15, 0.2) is 0 Å².